The van der Waals surface area contributed by atoms with Crippen molar-refractivity contribution in [1.29, 1.82) is 0 Å². The molecule has 3 aromatic carbocycles. The molecule has 2 N–H and O–H groups in total. The molecule has 0 spiro atoms. The molecule has 1 unspecified atom stereocenters. The predicted octanol–water partition coefficient (Wildman–Crippen LogP) is 5.95. The number of benzene rings is 3. The summed E-state index contributed by atoms with van der Waals surface area (Å²) in [7, 11) is -2.00. The number of likely N-dealkylation sites (N-methyl/N-ethyl adjacent to an activating group) is 1. The summed E-state index contributed by atoms with van der Waals surface area (Å²) in [6.07, 6.45) is 0. The number of halogens is 1. The molecule has 8 heteroatoms. The van der Waals surface area contributed by atoms with Gasteiger partial charge >= 0.3 is 5.97 Å². The van der Waals surface area contributed by atoms with Crippen molar-refractivity contribution >= 4 is 33.3 Å². The summed E-state index contributed by atoms with van der Waals surface area (Å²) in [4.78, 5) is 13.3. The Morgan fingerprint density at radius 1 is 0.971 bits per heavy atom. The van der Waals surface area contributed by atoms with Crippen LogP contribution in [0.5, 0.6) is 0 Å². The first-order valence-electron chi connectivity index (χ1n) is 11.2. The molecule has 3 rings (SSSR count). The topological polar surface area (TPSA) is 86.7 Å². The van der Waals surface area contributed by atoms with Crippen molar-refractivity contribution < 1.29 is 18.3 Å². The lowest BCUT2D eigenvalue weighted by molar-refractivity contribution is -0.142. The van der Waals surface area contributed by atoms with Gasteiger partial charge in [0.2, 0.25) is 0 Å². The molecule has 0 saturated heterocycles. The third-order valence-electron chi connectivity index (χ3n) is 6.32. The normalized spacial score (nSPS) is 12.6. The highest BCUT2D eigenvalue weighted by Gasteiger charge is 2.20. The molecule has 0 aliphatic rings. The Hall–Kier alpha value is -2.87. The van der Waals surface area contributed by atoms with Gasteiger partial charge in [-0.2, -0.15) is 0 Å². The molecule has 0 radical (unpaired) electrons. The zero-order valence-electron chi connectivity index (χ0n) is 20.8. The van der Waals surface area contributed by atoms with Crippen LogP contribution in [0.4, 0.5) is 5.69 Å². The van der Waals surface area contributed by atoms with Gasteiger partial charge in [0.1, 0.15) is 6.04 Å². The Morgan fingerprint density at radius 3 is 2.20 bits per heavy atom. The van der Waals surface area contributed by atoms with Gasteiger partial charge in [-0.05, 0) is 105 Å². The number of rotatable bonds is 8. The second-order valence-corrected chi connectivity index (χ2v) is 11.1. The number of carbonyl (C=O) groups is 1. The van der Waals surface area contributed by atoms with Gasteiger partial charge in [-0.3, -0.25) is 14.4 Å². The van der Waals surface area contributed by atoms with Crippen LogP contribution in [0.3, 0.4) is 0 Å². The average molecular weight is 515 g/mol. The van der Waals surface area contributed by atoms with E-state index in [1.807, 2.05) is 44.2 Å². The number of sulfonamides is 1. The lowest BCUT2D eigenvalue weighted by Gasteiger charge is -2.23. The minimum absolute atomic E-state index is 0.195. The third kappa shape index (κ3) is 6.04. The summed E-state index contributed by atoms with van der Waals surface area (Å²) >= 11 is 6.13. The molecule has 0 heterocycles. The number of nitrogens with zero attached hydrogens (tertiary/aromatic N) is 1. The lowest BCUT2D eigenvalue weighted by Crippen LogP contribution is -2.35. The quantitative estimate of drug-likeness (QED) is 0.388. The van der Waals surface area contributed by atoms with Gasteiger partial charge in [0.05, 0.1) is 4.90 Å². The number of hydrogen-bond acceptors (Lipinski definition) is 4. The Labute approximate surface area is 212 Å². The maximum Gasteiger partial charge on any atom is 0.320 e. The average Bonchev–Trinajstić information content (AvgIpc) is 2.77. The zero-order chi connectivity index (χ0) is 26.1. The molecule has 0 saturated carbocycles. The first kappa shape index (κ1) is 26.7. The third-order valence-corrected chi connectivity index (χ3v) is 8.25. The highest BCUT2D eigenvalue weighted by molar-refractivity contribution is 7.92. The summed E-state index contributed by atoms with van der Waals surface area (Å²) in [5.74, 6) is -0.859. The van der Waals surface area contributed by atoms with E-state index in [4.69, 9.17) is 11.6 Å². The van der Waals surface area contributed by atoms with Crippen LogP contribution in [0.15, 0.2) is 53.4 Å². The van der Waals surface area contributed by atoms with Crippen molar-refractivity contribution in [3.63, 3.8) is 0 Å². The smallest absolute Gasteiger partial charge is 0.320 e. The largest absolute Gasteiger partial charge is 0.480 e. The Bertz CT molecular complexity index is 1360. The van der Waals surface area contributed by atoms with E-state index in [0.29, 0.717) is 28.4 Å². The van der Waals surface area contributed by atoms with Crippen molar-refractivity contribution in [2.24, 2.45) is 0 Å². The number of aryl methyl sites for hydroxylation is 4. The van der Waals surface area contributed by atoms with Crippen molar-refractivity contribution in [3.8, 4) is 11.1 Å². The highest BCUT2D eigenvalue weighted by Crippen LogP contribution is 2.30. The zero-order valence-corrected chi connectivity index (χ0v) is 22.4. The summed E-state index contributed by atoms with van der Waals surface area (Å²) in [6.45, 7) is 9.69. The maximum atomic E-state index is 13.1. The monoisotopic (exact) mass is 514 g/mol. The number of anilines is 1. The first-order valence-corrected chi connectivity index (χ1v) is 13.1. The molecule has 0 aromatic heterocycles. The molecule has 0 bridgehead atoms. The van der Waals surface area contributed by atoms with Crippen LogP contribution in [-0.2, 0) is 21.4 Å². The predicted molar refractivity (Wildman–Crippen MR) is 142 cm³/mol. The highest BCUT2D eigenvalue weighted by atomic mass is 35.5. The number of carboxylic acid groups (broad SMARTS) is 1. The van der Waals surface area contributed by atoms with Crippen LogP contribution in [0.25, 0.3) is 11.1 Å². The van der Waals surface area contributed by atoms with Crippen molar-refractivity contribution in [2.75, 3.05) is 11.8 Å². The van der Waals surface area contributed by atoms with Crippen LogP contribution in [-0.4, -0.2) is 37.5 Å². The first-order chi connectivity index (χ1) is 16.3. The number of aliphatic carboxylic acids is 1. The van der Waals surface area contributed by atoms with E-state index in [1.165, 1.54) is 0 Å². The van der Waals surface area contributed by atoms with Gasteiger partial charge in [0.25, 0.3) is 10.0 Å². The van der Waals surface area contributed by atoms with Gasteiger partial charge < -0.3 is 5.11 Å². The van der Waals surface area contributed by atoms with Crippen molar-refractivity contribution in [1.82, 2.24) is 4.90 Å². The second kappa shape index (κ2) is 10.4. The van der Waals surface area contributed by atoms with E-state index < -0.39 is 22.0 Å². The van der Waals surface area contributed by atoms with Crippen LogP contribution in [0, 0.1) is 27.7 Å². The molecule has 186 valence electrons. The molecule has 1 atom stereocenters. The van der Waals surface area contributed by atoms with Crippen molar-refractivity contribution in [3.05, 3.63) is 81.4 Å². The van der Waals surface area contributed by atoms with E-state index in [-0.39, 0.29) is 4.90 Å². The fraction of sp³-hybridized carbons (Fsp3) is 0.296. The van der Waals surface area contributed by atoms with Gasteiger partial charge in [-0.15, -0.1) is 0 Å². The molecule has 0 aliphatic heterocycles. The van der Waals surface area contributed by atoms with Crippen LogP contribution >= 0.6 is 11.6 Å². The molecule has 0 fully saturated rings. The summed E-state index contributed by atoms with van der Waals surface area (Å²) < 4.78 is 28.9. The fourth-order valence-electron chi connectivity index (χ4n) is 4.00. The van der Waals surface area contributed by atoms with Crippen LogP contribution < -0.4 is 4.72 Å². The molecule has 3 aromatic rings. The molecular formula is C27H31ClN2O4S. The van der Waals surface area contributed by atoms with E-state index in [9.17, 15) is 18.3 Å². The SMILES string of the molecule is Cc1cc(S(=O)(=O)Nc2cccc(-c3cc(C)c(CN(C)C(C)C(=O)O)c(C)c3)c2)c(C)cc1Cl. The summed E-state index contributed by atoms with van der Waals surface area (Å²) in [5.41, 5.74) is 6.73. The minimum atomic E-state index is -3.80. The van der Waals surface area contributed by atoms with E-state index in [0.717, 1.165) is 27.8 Å². The minimum Gasteiger partial charge on any atom is -0.480 e. The van der Waals surface area contributed by atoms with E-state index in [1.54, 1.807) is 50.9 Å². The fourth-order valence-corrected chi connectivity index (χ4v) is 5.58. The molecular weight excluding hydrogens is 484 g/mol. The molecule has 0 aliphatic carbocycles. The summed E-state index contributed by atoms with van der Waals surface area (Å²) in [6, 6.07) is 14.0. The lowest BCUT2D eigenvalue weighted by atomic mass is 9.95. The van der Waals surface area contributed by atoms with Crippen molar-refractivity contribution in [2.45, 2.75) is 52.1 Å². The Balaban J connectivity index is 1.90. The van der Waals surface area contributed by atoms with Gasteiger partial charge in [0.15, 0.2) is 0 Å². The number of nitrogens with one attached hydrogen (secondary N) is 1. The van der Waals surface area contributed by atoms with Crippen LogP contribution in [0.1, 0.15) is 34.7 Å². The second-order valence-electron chi connectivity index (χ2n) is 9.07. The number of carboxylic acids is 1. The molecule has 6 nitrogen and oxygen atoms in total. The summed E-state index contributed by atoms with van der Waals surface area (Å²) in [5, 5.41) is 9.81. The molecule has 35 heavy (non-hydrogen) atoms. The molecule has 0 amide bonds. The van der Waals surface area contributed by atoms with E-state index in [2.05, 4.69) is 4.72 Å². The van der Waals surface area contributed by atoms with Gasteiger partial charge in [-0.25, -0.2) is 8.42 Å². The van der Waals surface area contributed by atoms with Gasteiger partial charge in [-0.1, -0.05) is 35.9 Å². The number of hydrogen-bond donors (Lipinski definition) is 2. The standard InChI is InChI=1S/C27H31ClN2O4S/c1-16-10-22(11-17(2)24(16)15-30(6)20(5)27(31)32)21-8-7-9-23(14-21)29-35(33,34)26-13-18(3)25(28)12-19(26)4/h7-14,20,29H,15H2,1-6H3,(H,31,32). The maximum absolute atomic E-state index is 13.1. The van der Waals surface area contributed by atoms with Crippen LogP contribution in [0.2, 0.25) is 5.02 Å². The Kier molecular flexibility index (Phi) is 7.94. The Morgan fingerprint density at radius 2 is 1.60 bits per heavy atom. The van der Waals surface area contributed by atoms with Gasteiger partial charge in [0, 0.05) is 17.3 Å². The van der Waals surface area contributed by atoms with E-state index >= 15 is 0 Å².